The van der Waals surface area contributed by atoms with Crippen molar-refractivity contribution in [3.63, 3.8) is 0 Å². The molecule has 68 heavy (non-hydrogen) atoms. The minimum atomic E-state index is -2.85. The summed E-state index contributed by atoms with van der Waals surface area (Å²) >= 11 is 0. The van der Waals surface area contributed by atoms with Gasteiger partial charge in [-0.2, -0.15) is 0 Å². The Labute approximate surface area is 409 Å². The van der Waals surface area contributed by atoms with Crippen molar-refractivity contribution >= 4 is 24.5 Å². The van der Waals surface area contributed by atoms with Crippen LogP contribution in [0.2, 0.25) is 5.04 Å². The van der Waals surface area contributed by atoms with E-state index in [4.69, 9.17) is 42.3 Å². The van der Waals surface area contributed by atoms with Crippen molar-refractivity contribution in [3.8, 4) is 0 Å². The first kappa shape index (κ1) is 50.6. The molecule has 10 nitrogen and oxygen atoms in total. The zero-order chi connectivity index (χ0) is 47.8. The first-order valence-corrected chi connectivity index (χ1v) is 28.7. The van der Waals surface area contributed by atoms with Gasteiger partial charge in [-0.05, 0) is 91.1 Å². The first-order chi connectivity index (χ1) is 32.6. The van der Waals surface area contributed by atoms with Gasteiger partial charge in [-0.15, -0.1) is 0 Å². The third-order valence-corrected chi connectivity index (χ3v) is 22.0. The summed E-state index contributed by atoms with van der Waals surface area (Å²) in [6, 6.07) is 21.6. The van der Waals surface area contributed by atoms with E-state index in [9.17, 15) is 4.79 Å². The van der Waals surface area contributed by atoms with Gasteiger partial charge in [0.25, 0.3) is 8.32 Å². The molecule has 0 aromatic heterocycles. The number of fused-ring (bicyclic) bond motifs is 3. The van der Waals surface area contributed by atoms with Gasteiger partial charge in [-0.3, -0.25) is 4.79 Å². The van der Waals surface area contributed by atoms with Crippen LogP contribution in [0.3, 0.4) is 0 Å². The van der Waals surface area contributed by atoms with Crippen molar-refractivity contribution in [1.29, 1.82) is 0 Å². The Kier molecular flexibility index (Phi) is 15.7. The van der Waals surface area contributed by atoms with E-state index in [0.717, 1.165) is 76.2 Å². The highest BCUT2D eigenvalue weighted by molar-refractivity contribution is 6.99. The molecule has 376 valence electrons. The zero-order valence-corrected chi connectivity index (χ0v) is 43.7. The molecule has 1 aliphatic carbocycles. The SMILES string of the molecule is C=C1C(C[C@@H]2OC(C[C@H]3COC(C)(C)O3)[C@H](C)[C@H]2CC(=O)CC2CC[C@@H]3O[C@@H](CO[Si](c4ccccc4)(c4ccccc4)C(C)(C)C)[C@H]4OC5(CCCCC5)O[C@H]4[C@H]3O2)OC(CCCC)C[C@H]1C. The van der Waals surface area contributed by atoms with Crippen LogP contribution in [0, 0.1) is 17.8 Å². The summed E-state index contributed by atoms with van der Waals surface area (Å²) in [6.07, 6.45) is 11.3. The minimum absolute atomic E-state index is 0.0401. The Hall–Kier alpha value is -2.29. The fourth-order valence-electron chi connectivity index (χ4n) is 13.3. The lowest BCUT2D eigenvalue weighted by atomic mass is 9.79. The second-order valence-electron chi connectivity index (χ2n) is 23.3. The summed E-state index contributed by atoms with van der Waals surface area (Å²) in [6.45, 7) is 23.1. The van der Waals surface area contributed by atoms with E-state index in [-0.39, 0.29) is 89.8 Å². The molecule has 14 atom stereocenters. The van der Waals surface area contributed by atoms with Crippen LogP contribution in [-0.4, -0.2) is 106 Å². The highest BCUT2D eigenvalue weighted by Gasteiger charge is 2.61. The van der Waals surface area contributed by atoms with E-state index in [1.807, 2.05) is 13.8 Å². The maximum Gasteiger partial charge on any atom is 0.261 e. The van der Waals surface area contributed by atoms with Crippen molar-refractivity contribution in [1.82, 2.24) is 0 Å². The van der Waals surface area contributed by atoms with Crippen LogP contribution >= 0.6 is 0 Å². The van der Waals surface area contributed by atoms with Crippen LogP contribution in [0.4, 0.5) is 0 Å². The van der Waals surface area contributed by atoms with Gasteiger partial charge < -0.3 is 42.3 Å². The van der Waals surface area contributed by atoms with E-state index in [1.54, 1.807) is 0 Å². The van der Waals surface area contributed by atoms with Crippen molar-refractivity contribution < 1.29 is 47.1 Å². The molecule has 2 aromatic carbocycles. The Morgan fingerprint density at radius 3 is 2.10 bits per heavy atom. The summed E-state index contributed by atoms with van der Waals surface area (Å²) in [5.41, 5.74) is 1.15. The van der Waals surface area contributed by atoms with Gasteiger partial charge in [0.2, 0.25) is 0 Å². The smallest absolute Gasteiger partial charge is 0.261 e. The van der Waals surface area contributed by atoms with Gasteiger partial charge in [-0.25, -0.2) is 0 Å². The molecule has 6 saturated heterocycles. The second-order valence-corrected chi connectivity index (χ2v) is 27.6. The molecule has 6 heterocycles. The number of rotatable bonds is 16. The van der Waals surface area contributed by atoms with Crippen molar-refractivity contribution in [2.75, 3.05) is 13.2 Å². The lowest BCUT2D eigenvalue weighted by Crippen LogP contribution is -2.68. The average molecular weight is 957 g/mol. The van der Waals surface area contributed by atoms with Crippen LogP contribution in [0.15, 0.2) is 72.8 Å². The van der Waals surface area contributed by atoms with Crippen molar-refractivity contribution in [2.45, 2.75) is 235 Å². The third kappa shape index (κ3) is 10.7. The largest absolute Gasteiger partial charge is 0.405 e. The molecule has 9 rings (SSSR count). The molecule has 11 heteroatoms. The van der Waals surface area contributed by atoms with E-state index >= 15 is 0 Å². The summed E-state index contributed by atoms with van der Waals surface area (Å²) in [7, 11) is -2.85. The molecule has 0 radical (unpaired) electrons. The molecule has 7 fully saturated rings. The molecule has 0 amide bonds. The van der Waals surface area contributed by atoms with E-state index < -0.39 is 19.9 Å². The number of ketones is 1. The first-order valence-electron chi connectivity index (χ1n) is 26.8. The highest BCUT2D eigenvalue weighted by atomic mass is 28.4. The molecule has 6 aliphatic heterocycles. The molecule has 4 unspecified atom stereocenters. The molecular weight excluding hydrogens is 873 g/mol. The maximum atomic E-state index is 14.5. The van der Waals surface area contributed by atoms with Gasteiger partial charge in [0.05, 0.1) is 55.9 Å². The summed E-state index contributed by atoms with van der Waals surface area (Å²) < 4.78 is 62.0. The number of hydrogen-bond acceptors (Lipinski definition) is 10. The standard InChI is InChI=1S/C57H84O10Si/c1-10-11-21-41-30-37(2)38(3)49(61-41)34-50-46(39(4)48(64-50)33-43-35-59-56(8,9)65-43)32-40(58)31-42-26-27-47-52(62-42)54-53(66-57(67-54)28-19-14-20-29-57)51(63-47)36-60-68(55(5,6)7,44-22-15-12-16-23-44)45-24-17-13-18-25-45/h12-13,15-18,22-25,37,39,41-43,46-54H,3,10-11,14,19-21,26-36H2,1-2,4-9H3/t37-,39-,41?,42?,43+,46-,47+,48?,49?,50+,51+,52+,53-,54+/m1/s1. The zero-order valence-electron chi connectivity index (χ0n) is 42.7. The molecule has 0 N–H and O–H groups in total. The number of Topliss-reactive ketones (excluding diaryl/α,β-unsaturated/α-hetero) is 1. The van der Waals surface area contributed by atoms with Gasteiger partial charge in [-0.1, -0.05) is 128 Å². The lowest BCUT2D eigenvalue weighted by molar-refractivity contribution is -0.243. The maximum absolute atomic E-state index is 14.5. The van der Waals surface area contributed by atoms with Crippen LogP contribution in [-0.2, 0) is 47.1 Å². The van der Waals surface area contributed by atoms with Crippen LogP contribution < -0.4 is 10.4 Å². The lowest BCUT2D eigenvalue weighted by Gasteiger charge is -2.48. The number of ether oxygens (including phenoxy) is 8. The summed E-state index contributed by atoms with van der Waals surface area (Å²) in [4.78, 5) is 14.5. The van der Waals surface area contributed by atoms with E-state index in [2.05, 4.69) is 109 Å². The third-order valence-electron chi connectivity index (χ3n) is 17.0. The predicted molar refractivity (Wildman–Crippen MR) is 266 cm³/mol. The summed E-state index contributed by atoms with van der Waals surface area (Å²) in [5, 5.41) is 2.31. The average Bonchev–Trinajstić information content (AvgIpc) is 3.96. The molecule has 1 saturated carbocycles. The fraction of sp³-hybridized carbons (Fsp3) is 0.737. The molecule has 7 aliphatic rings. The normalized spacial score (nSPS) is 37.0. The Bertz CT molecular complexity index is 1940. The van der Waals surface area contributed by atoms with E-state index in [1.165, 1.54) is 16.8 Å². The molecular formula is C57H84O10Si. The quantitative estimate of drug-likeness (QED) is 0.119. The number of carbonyl (C=O) groups excluding carboxylic acids is 1. The summed E-state index contributed by atoms with van der Waals surface area (Å²) in [5.74, 6) is -0.449. The van der Waals surface area contributed by atoms with Crippen molar-refractivity contribution in [3.05, 3.63) is 72.8 Å². The molecule has 0 bridgehead atoms. The van der Waals surface area contributed by atoms with Crippen LogP contribution in [0.1, 0.15) is 152 Å². The highest BCUT2D eigenvalue weighted by Crippen LogP contribution is 2.49. The number of unbranched alkanes of at least 4 members (excludes halogenated alkanes) is 1. The number of carbonyl (C=O) groups is 1. The number of benzene rings is 2. The van der Waals surface area contributed by atoms with Crippen LogP contribution in [0.5, 0.6) is 0 Å². The van der Waals surface area contributed by atoms with Gasteiger partial charge in [0.15, 0.2) is 11.6 Å². The van der Waals surface area contributed by atoms with Crippen molar-refractivity contribution in [2.24, 2.45) is 17.8 Å². The van der Waals surface area contributed by atoms with Gasteiger partial charge in [0.1, 0.15) is 30.2 Å². The van der Waals surface area contributed by atoms with E-state index in [0.29, 0.717) is 38.4 Å². The Morgan fingerprint density at radius 1 is 0.765 bits per heavy atom. The molecule has 2 aromatic rings. The monoisotopic (exact) mass is 957 g/mol. The molecule has 1 spiro atoms. The topological polar surface area (TPSA) is 100 Å². The second kappa shape index (κ2) is 21.0. The predicted octanol–water partition coefficient (Wildman–Crippen LogP) is 10.2. The van der Waals surface area contributed by atoms with Gasteiger partial charge in [0, 0.05) is 38.5 Å². The van der Waals surface area contributed by atoms with Crippen LogP contribution in [0.25, 0.3) is 0 Å². The minimum Gasteiger partial charge on any atom is -0.405 e. The fourth-order valence-corrected chi connectivity index (χ4v) is 17.9. The Balaban J connectivity index is 0.902. The number of hydrogen-bond donors (Lipinski definition) is 0. The Morgan fingerprint density at radius 2 is 1.46 bits per heavy atom. The van der Waals surface area contributed by atoms with Gasteiger partial charge >= 0.3 is 0 Å².